The highest BCUT2D eigenvalue weighted by atomic mass is 32.2. The van der Waals surface area contributed by atoms with Crippen LogP contribution < -0.4 is 0 Å². The molecule has 0 bridgehead atoms. The van der Waals surface area contributed by atoms with Crippen molar-refractivity contribution in [1.29, 1.82) is 0 Å². The summed E-state index contributed by atoms with van der Waals surface area (Å²) in [6, 6.07) is 13.0. The number of unbranched alkanes of at least 4 members (excludes halogenated alkanes) is 2. The summed E-state index contributed by atoms with van der Waals surface area (Å²) in [5.74, 6) is -0.237. The first kappa shape index (κ1) is 23.0. The van der Waals surface area contributed by atoms with E-state index >= 15 is 0 Å². The third kappa shape index (κ3) is 5.07. The third-order valence-corrected chi connectivity index (χ3v) is 8.57. The van der Waals surface area contributed by atoms with Crippen LogP contribution >= 0.6 is 22.7 Å². The van der Waals surface area contributed by atoms with Crippen molar-refractivity contribution in [1.82, 2.24) is 0 Å². The molecular formula is C28H32O2S2. The predicted octanol–water partition coefficient (Wildman–Crippen LogP) is 8.47. The lowest BCUT2D eigenvalue weighted by molar-refractivity contribution is 0.00580. The Morgan fingerprint density at radius 2 is 1.81 bits per heavy atom. The summed E-state index contributed by atoms with van der Waals surface area (Å²) in [7, 11) is 0. The van der Waals surface area contributed by atoms with E-state index in [4.69, 9.17) is 4.74 Å². The lowest BCUT2D eigenvalue weighted by Crippen LogP contribution is -2.36. The van der Waals surface area contributed by atoms with Crippen molar-refractivity contribution in [3.63, 3.8) is 0 Å². The minimum Gasteiger partial charge on any atom is -0.450 e. The molecule has 1 aliphatic carbocycles. The van der Waals surface area contributed by atoms with Crippen LogP contribution in [0.15, 0.2) is 60.7 Å². The summed E-state index contributed by atoms with van der Waals surface area (Å²) >= 11 is 3.38. The van der Waals surface area contributed by atoms with Crippen LogP contribution in [-0.2, 0) is 17.6 Å². The number of benzene rings is 1. The Morgan fingerprint density at radius 3 is 2.53 bits per heavy atom. The highest BCUT2D eigenvalue weighted by Gasteiger charge is 2.37. The van der Waals surface area contributed by atoms with E-state index in [1.165, 1.54) is 44.7 Å². The maximum absolute atomic E-state index is 13.1. The molecule has 0 aliphatic heterocycles. The lowest BCUT2D eigenvalue weighted by Gasteiger charge is -2.35. The minimum atomic E-state index is -0.708. The van der Waals surface area contributed by atoms with Crippen LogP contribution in [0.1, 0.15) is 78.0 Å². The fraction of sp³-hybridized carbons (Fsp3) is 0.393. The average molecular weight is 465 g/mol. The molecule has 3 aromatic rings. The molecule has 1 aromatic carbocycles. The van der Waals surface area contributed by atoms with Gasteiger partial charge < -0.3 is 4.74 Å². The summed E-state index contributed by atoms with van der Waals surface area (Å²) in [6.45, 7) is 6.44. The van der Waals surface area contributed by atoms with Gasteiger partial charge in [0.15, 0.2) is 0 Å². The number of hydrogen-bond donors (Lipinski definition) is 0. The zero-order valence-corrected chi connectivity index (χ0v) is 20.9. The van der Waals surface area contributed by atoms with E-state index in [2.05, 4.69) is 50.3 Å². The number of rotatable bonds is 9. The molecule has 0 fully saturated rings. The topological polar surface area (TPSA) is 26.3 Å². The second kappa shape index (κ2) is 10.2. The van der Waals surface area contributed by atoms with Gasteiger partial charge in [-0.25, -0.2) is 4.79 Å². The van der Waals surface area contributed by atoms with Gasteiger partial charge in [-0.2, -0.15) is 0 Å². The Bertz CT molecular complexity index is 1080. The van der Waals surface area contributed by atoms with E-state index in [1.807, 2.05) is 42.6 Å². The average Bonchev–Trinajstić information content (AvgIpc) is 3.34. The number of ether oxygens (including phenoxy) is 1. The maximum Gasteiger partial charge on any atom is 0.349 e. The largest absolute Gasteiger partial charge is 0.450 e. The molecule has 168 valence electrons. The zero-order valence-electron chi connectivity index (χ0n) is 19.2. The summed E-state index contributed by atoms with van der Waals surface area (Å²) in [4.78, 5) is 15.2. The van der Waals surface area contributed by atoms with Crippen molar-refractivity contribution < 1.29 is 9.53 Å². The number of esters is 1. The summed E-state index contributed by atoms with van der Waals surface area (Å²) in [5.41, 5.74) is 1.81. The zero-order chi connectivity index (χ0) is 22.6. The van der Waals surface area contributed by atoms with Gasteiger partial charge in [0.1, 0.15) is 10.5 Å². The maximum atomic E-state index is 13.1. The van der Waals surface area contributed by atoms with Gasteiger partial charge in [-0.3, -0.25) is 0 Å². The normalized spacial score (nSPS) is 20.2. The van der Waals surface area contributed by atoms with Crippen LogP contribution in [0.25, 0.3) is 9.40 Å². The van der Waals surface area contributed by atoms with Gasteiger partial charge in [0.05, 0.1) is 4.01 Å². The molecule has 32 heavy (non-hydrogen) atoms. The molecule has 2 unspecified atom stereocenters. The van der Waals surface area contributed by atoms with Crippen LogP contribution in [-0.4, -0.2) is 11.6 Å². The van der Waals surface area contributed by atoms with Crippen molar-refractivity contribution in [3.05, 3.63) is 81.6 Å². The number of allylic oxidation sites excluding steroid dienone is 2. The van der Waals surface area contributed by atoms with Crippen LogP contribution in [0, 0.1) is 0 Å². The summed E-state index contributed by atoms with van der Waals surface area (Å²) in [6.07, 6.45) is 15.3. The van der Waals surface area contributed by atoms with Gasteiger partial charge in [-0.1, -0.05) is 75.6 Å². The van der Waals surface area contributed by atoms with E-state index in [1.54, 1.807) is 11.3 Å². The molecule has 4 rings (SSSR count). The van der Waals surface area contributed by atoms with Gasteiger partial charge in [-0.05, 0) is 55.5 Å². The highest BCUT2D eigenvalue weighted by molar-refractivity contribution is 7.39. The molecule has 2 heterocycles. The lowest BCUT2D eigenvalue weighted by atomic mass is 9.80. The van der Waals surface area contributed by atoms with Crippen molar-refractivity contribution in [2.45, 2.75) is 70.8 Å². The minimum absolute atomic E-state index is 0.00151. The van der Waals surface area contributed by atoms with Gasteiger partial charge in [-0.15, -0.1) is 22.7 Å². The standard InChI is InChI=1S/C28H32O2S2/c1-4-6-7-11-23-18-22-19-25(32-27(22)31-23)26(29)30-28(3)17-9-8-12-24(28)21-15-13-20(10-5-2)14-16-21/h8-9,12-19,24H,4-7,10-11H2,1-3H3. The Balaban J connectivity index is 1.49. The second-order valence-corrected chi connectivity index (χ2v) is 11.3. The van der Waals surface area contributed by atoms with Gasteiger partial charge >= 0.3 is 5.97 Å². The van der Waals surface area contributed by atoms with Crippen LogP contribution in [0.2, 0.25) is 0 Å². The monoisotopic (exact) mass is 464 g/mol. The van der Waals surface area contributed by atoms with Crippen molar-refractivity contribution >= 4 is 38.0 Å². The fourth-order valence-corrected chi connectivity index (χ4v) is 6.76. The van der Waals surface area contributed by atoms with E-state index < -0.39 is 5.60 Å². The molecule has 4 heteroatoms. The molecule has 1 aliphatic rings. The molecule has 2 nitrogen and oxygen atoms in total. The number of thiophene rings is 2. The Hall–Kier alpha value is -2.17. The van der Waals surface area contributed by atoms with Crippen LogP contribution in [0.5, 0.6) is 0 Å². The van der Waals surface area contributed by atoms with Crippen LogP contribution in [0.4, 0.5) is 0 Å². The van der Waals surface area contributed by atoms with Gasteiger partial charge in [0.25, 0.3) is 0 Å². The quantitative estimate of drug-likeness (QED) is 0.234. The predicted molar refractivity (Wildman–Crippen MR) is 138 cm³/mol. The van der Waals surface area contributed by atoms with Crippen molar-refractivity contribution in [2.75, 3.05) is 0 Å². The Labute approximate surface area is 199 Å². The smallest absolute Gasteiger partial charge is 0.349 e. The van der Waals surface area contributed by atoms with E-state index in [9.17, 15) is 4.79 Å². The van der Waals surface area contributed by atoms with Crippen molar-refractivity contribution in [3.8, 4) is 0 Å². The molecule has 0 amide bonds. The van der Waals surface area contributed by atoms with E-state index in [0.29, 0.717) is 4.88 Å². The first-order valence-electron chi connectivity index (χ1n) is 11.7. The molecule has 2 aromatic heterocycles. The SMILES string of the molecule is CCCCCc1cc2cc(C(=O)OC3(C)C=CC=CC3c3ccc(CCC)cc3)sc2s1. The Kier molecular flexibility index (Phi) is 7.32. The molecule has 0 spiro atoms. The van der Waals surface area contributed by atoms with Gasteiger partial charge in [0.2, 0.25) is 0 Å². The number of carbonyl (C=O) groups excluding carboxylic acids is 1. The van der Waals surface area contributed by atoms with E-state index in [0.717, 1.165) is 19.3 Å². The van der Waals surface area contributed by atoms with Crippen molar-refractivity contribution in [2.24, 2.45) is 0 Å². The first-order valence-corrected chi connectivity index (χ1v) is 13.4. The molecular weight excluding hydrogens is 432 g/mol. The molecule has 0 saturated heterocycles. The number of carbonyl (C=O) groups is 1. The number of aryl methyl sites for hydroxylation is 2. The number of hydrogen-bond acceptors (Lipinski definition) is 4. The second-order valence-electron chi connectivity index (χ2n) is 8.81. The molecule has 2 atom stereocenters. The van der Waals surface area contributed by atoms with E-state index in [-0.39, 0.29) is 11.9 Å². The summed E-state index contributed by atoms with van der Waals surface area (Å²) in [5, 5.41) is 1.17. The molecule has 0 radical (unpaired) electrons. The molecule has 0 N–H and O–H groups in total. The number of fused-ring (bicyclic) bond motifs is 1. The van der Waals surface area contributed by atoms with Crippen LogP contribution in [0.3, 0.4) is 0 Å². The Morgan fingerprint density at radius 1 is 1.00 bits per heavy atom. The molecule has 0 saturated carbocycles. The summed E-state index contributed by atoms with van der Waals surface area (Å²) < 4.78 is 7.37. The first-order chi connectivity index (χ1) is 15.5. The highest BCUT2D eigenvalue weighted by Crippen LogP contribution is 2.39. The van der Waals surface area contributed by atoms with Gasteiger partial charge in [0, 0.05) is 16.2 Å². The third-order valence-electron chi connectivity index (χ3n) is 6.14. The fourth-order valence-electron chi connectivity index (χ4n) is 4.35.